The maximum Gasteiger partial charge on any atom is 0.344 e. The number of halogens is 1. The number of ether oxygens (including phenoxy) is 2. The third-order valence-electron chi connectivity index (χ3n) is 1.38. The second-order valence-corrected chi connectivity index (χ2v) is 2.39. The quantitative estimate of drug-likeness (QED) is 0.539. The minimum atomic E-state index is -0.739. The third kappa shape index (κ3) is 3.01. The van der Waals surface area contributed by atoms with Crippen molar-refractivity contribution in [1.82, 2.24) is 4.98 Å². The number of aromatic nitrogens is 1. The number of nitrogens with zero attached hydrogens (tertiary/aromatic N) is 1. The summed E-state index contributed by atoms with van der Waals surface area (Å²) < 4.78 is 22.3. The van der Waals surface area contributed by atoms with Crippen molar-refractivity contribution in [3.63, 3.8) is 0 Å². The number of pyridine rings is 1. The smallest absolute Gasteiger partial charge is 0.344 e. The Balaban J connectivity index is 2.46. The predicted molar refractivity (Wildman–Crippen MR) is 46.3 cm³/mol. The summed E-state index contributed by atoms with van der Waals surface area (Å²) in [4.78, 5) is 14.2. The van der Waals surface area contributed by atoms with Crippen LogP contribution in [0.15, 0.2) is 18.3 Å². The van der Waals surface area contributed by atoms with Crippen molar-refractivity contribution < 1.29 is 18.7 Å². The Morgan fingerprint density at radius 1 is 1.64 bits per heavy atom. The number of hydrogen-bond donors (Lipinski definition) is 0. The summed E-state index contributed by atoms with van der Waals surface area (Å²) in [6, 6.07) is 2.91. The van der Waals surface area contributed by atoms with Gasteiger partial charge in [-0.25, -0.2) is 9.78 Å². The highest BCUT2D eigenvalue weighted by molar-refractivity contribution is 5.71. The summed E-state index contributed by atoms with van der Waals surface area (Å²) in [5.74, 6) is -1.33. The van der Waals surface area contributed by atoms with E-state index in [2.05, 4.69) is 9.72 Å². The van der Waals surface area contributed by atoms with Crippen LogP contribution < -0.4 is 4.74 Å². The average molecular weight is 199 g/mol. The van der Waals surface area contributed by atoms with Crippen LogP contribution in [0.5, 0.6) is 5.75 Å². The first-order valence-electron chi connectivity index (χ1n) is 4.13. The zero-order chi connectivity index (χ0) is 10.4. The van der Waals surface area contributed by atoms with Crippen LogP contribution in [0.2, 0.25) is 0 Å². The molecule has 0 aliphatic carbocycles. The molecule has 0 unspecified atom stereocenters. The molecule has 5 heteroatoms. The zero-order valence-electron chi connectivity index (χ0n) is 7.70. The van der Waals surface area contributed by atoms with Crippen LogP contribution in [-0.4, -0.2) is 24.2 Å². The fourth-order valence-corrected chi connectivity index (χ4v) is 0.818. The van der Waals surface area contributed by atoms with Gasteiger partial charge in [-0.3, -0.25) is 0 Å². The largest absolute Gasteiger partial charge is 0.477 e. The Hall–Kier alpha value is -1.65. The maximum absolute atomic E-state index is 12.8. The van der Waals surface area contributed by atoms with Gasteiger partial charge in [0, 0.05) is 6.20 Å². The lowest BCUT2D eigenvalue weighted by atomic mass is 10.4. The van der Waals surface area contributed by atoms with Gasteiger partial charge in [-0.15, -0.1) is 0 Å². The Morgan fingerprint density at radius 3 is 3.07 bits per heavy atom. The Labute approximate surface area is 80.7 Å². The van der Waals surface area contributed by atoms with Gasteiger partial charge >= 0.3 is 5.97 Å². The van der Waals surface area contributed by atoms with Gasteiger partial charge in [0.25, 0.3) is 5.95 Å². The van der Waals surface area contributed by atoms with Crippen molar-refractivity contribution in [2.24, 2.45) is 0 Å². The van der Waals surface area contributed by atoms with Gasteiger partial charge in [-0.1, -0.05) is 0 Å². The van der Waals surface area contributed by atoms with Crippen LogP contribution in [0, 0.1) is 5.95 Å². The fourth-order valence-electron chi connectivity index (χ4n) is 0.818. The SMILES string of the molecule is CCOC(=O)COc1cccnc1F. The second kappa shape index (κ2) is 5.16. The second-order valence-electron chi connectivity index (χ2n) is 2.39. The molecule has 0 atom stereocenters. The highest BCUT2D eigenvalue weighted by Crippen LogP contribution is 2.12. The van der Waals surface area contributed by atoms with Crippen LogP contribution >= 0.6 is 0 Å². The van der Waals surface area contributed by atoms with Crippen molar-refractivity contribution >= 4 is 5.97 Å². The molecule has 1 aromatic heterocycles. The number of rotatable bonds is 4. The monoisotopic (exact) mass is 199 g/mol. The van der Waals surface area contributed by atoms with Crippen molar-refractivity contribution in [2.45, 2.75) is 6.92 Å². The topological polar surface area (TPSA) is 48.4 Å². The van der Waals surface area contributed by atoms with Gasteiger partial charge in [0.1, 0.15) is 0 Å². The van der Waals surface area contributed by atoms with E-state index >= 15 is 0 Å². The molecule has 1 rings (SSSR count). The average Bonchev–Trinajstić information content (AvgIpc) is 2.17. The fraction of sp³-hybridized carbons (Fsp3) is 0.333. The molecule has 14 heavy (non-hydrogen) atoms. The van der Waals surface area contributed by atoms with Crippen LogP contribution in [0.4, 0.5) is 4.39 Å². The van der Waals surface area contributed by atoms with E-state index in [1.165, 1.54) is 18.3 Å². The molecule has 0 amide bonds. The number of carbonyl (C=O) groups is 1. The van der Waals surface area contributed by atoms with E-state index < -0.39 is 11.9 Å². The number of carbonyl (C=O) groups excluding carboxylic acids is 1. The minimum Gasteiger partial charge on any atom is -0.477 e. The summed E-state index contributed by atoms with van der Waals surface area (Å²) in [6.07, 6.45) is 1.30. The molecule has 0 spiro atoms. The zero-order valence-corrected chi connectivity index (χ0v) is 7.70. The van der Waals surface area contributed by atoms with E-state index in [1.807, 2.05) is 0 Å². The van der Waals surface area contributed by atoms with E-state index in [4.69, 9.17) is 4.74 Å². The molecule has 0 bridgehead atoms. The number of hydrogen-bond acceptors (Lipinski definition) is 4. The molecular weight excluding hydrogens is 189 g/mol. The van der Waals surface area contributed by atoms with Crippen molar-refractivity contribution in [3.05, 3.63) is 24.3 Å². The summed E-state index contributed by atoms with van der Waals surface area (Å²) >= 11 is 0. The molecule has 0 saturated carbocycles. The lowest BCUT2D eigenvalue weighted by molar-refractivity contribution is -0.145. The molecule has 0 N–H and O–H groups in total. The standard InChI is InChI=1S/C9H10FNO3/c1-2-13-8(12)6-14-7-4-3-5-11-9(7)10/h3-5H,2,6H2,1H3. The van der Waals surface area contributed by atoms with E-state index in [0.29, 0.717) is 0 Å². The molecular formula is C9H10FNO3. The molecule has 0 fully saturated rings. The first-order chi connectivity index (χ1) is 6.74. The summed E-state index contributed by atoms with van der Waals surface area (Å²) in [6.45, 7) is 1.65. The molecule has 4 nitrogen and oxygen atoms in total. The molecule has 0 aliphatic heterocycles. The Kier molecular flexibility index (Phi) is 3.84. The van der Waals surface area contributed by atoms with E-state index in [0.717, 1.165) is 0 Å². The summed E-state index contributed by atoms with van der Waals surface area (Å²) in [5.41, 5.74) is 0. The molecule has 1 heterocycles. The summed E-state index contributed by atoms with van der Waals surface area (Å²) in [7, 11) is 0. The highest BCUT2D eigenvalue weighted by Gasteiger charge is 2.06. The lowest BCUT2D eigenvalue weighted by Gasteiger charge is -2.05. The Morgan fingerprint density at radius 2 is 2.43 bits per heavy atom. The molecule has 0 radical (unpaired) electrons. The summed E-state index contributed by atoms with van der Waals surface area (Å²) in [5, 5.41) is 0. The predicted octanol–water partition coefficient (Wildman–Crippen LogP) is 1.16. The molecule has 0 aliphatic rings. The minimum absolute atomic E-state index is 0.0550. The molecule has 0 aromatic carbocycles. The maximum atomic E-state index is 12.8. The van der Waals surface area contributed by atoms with Gasteiger partial charge in [0.05, 0.1) is 6.61 Å². The highest BCUT2D eigenvalue weighted by atomic mass is 19.1. The Bertz CT molecular complexity index is 317. The van der Waals surface area contributed by atoms with E-state index in [-0.39, 0.29) is 19.0 Å². The van der Waals surface area contributed by atoms with Crippen LogP contribution in [0.25, 0.3) is 0 Å². The van der Waals surface area contributed by atoms with Crippen LogP contribution in [0.3, 0.4) is 0 Å². The van der Waals surface area contributed by atoms with Gasteiger partial charge in [0.2, 0.25) is 0 Å². The first kappa shape index (κ1) is 10.4. The van der Waals surface area contributed by atoms with E-state index in [9.17, 15) is 9.18 Å². The van der Waals surface area contributed by atoms with Gasteiger partial charge < -0.3 is 9.47 Å². The van der Waals surface area contributed by atoms with Crippen molar-refractivity contribution in [3.8, 4) is 5.75 Å². The van der Waals surface area contributed by atoms with Gasteiger partial charge in [-0.05, 0) is 19.1 Å². The normalized spacial score (nSPS) is 9.57. The first-order valence-corrected chi connectivity index (χ1v) is 4.13. The lowest BCUT2D eigenvalue weighted by Crippen LogP contribution is -2.15. The van der Waals surface area contributed by atoms with Crippen LogP contribution in [-0.2, 0) is 9.53 Å². The molecule has 0 saturated heterocycles. The molecule has 76 valence electrons. The third-order valence-corrected chi connectivity index (χ3v) is 1.38. The van der Waals surface area contributed by atoms with E-state index in [1.54, 1.807) is 6.92 Å². The number of esters is 1. The molecule has 1 aromatic rings. The van der Waals surface area contributed by atoms with Crippen molar-refractivity contribution in [1.29, 1.82) is 0 Å². The van der Waals surface area contributed by atoms with Gasteiger partial charge in [0.15, 0.2) is 12.4 Å². The van der Waals surface area contributed by atoms with Crippen molar-refractivity contribution in [2.75, 3.05) is 13.2 Å². The van der Waals surface area contributed by atoms with Crippen LogP contribution in [0.1, 0.15) is 6.92 Å². The van der Waals surface area contributed by atoms with Gasteiger partial charge in [-0.2, -0.15) is 4.39 Å².